The molecular formula is C43H52FN8O7P. The summed E-state index contributed by atoms with van der Waals surface area (Å²) >= 11 is 0. The molecule has 318 valence electrons. The molecule has 0 aliphatic carbocycles. The Morgan fingerprint density at radius 1 is 0.983 bits per heavy atom. The second-order valence-electron chi connectivity index (χ2n) is 14.9. The Kier molecular flexibility index (Phi) is 14.7. The number of aromatic nitrogens is 4. The van der Waals surface area contributed by atoms with Crippen molar-refractivity contribution in [1.29, 1.82) is 5.26 Å². The van der Waals surface area contributed by atoms with E-state index in [1.54, 1.807) is 33.2 Å². The third kappa shape index (κ3) is 9.52. The second kappa shape index (κ2) is 19.9. The van der Waals surface area contributed by atoms with Crippen LogP contribution in [-0.2, 0) is 24.1 Å². The van der Waals surface area contributed by atoms with Gasteiger partial charge in [0.05, 0.1) is 52.6 Å². The average Bonchev–Trinajstić information content (AvgIpc) is 3.81. The van der Waals surface area contributed by atoms with Crippen molar-refractivity contribution in [2.75, 3.05) is 41.5 Å². The first-order valence-corrected chi connectivity index (χ1v) is 20.7. The lowest BCUT2D eigenvalue weighted by molar-refractivity contribution is -0.0919. The molecule has 2 aromatic heterocycles. The lowest BCUT2D eigenvalue weighted by atomic mass is 9.80. The first-order valence-electron chi connectivity index (χ1n) is 19.6. The van der Waals surface area contributed by atoms with E-state index in [2.05, 4.69) is 26.0 Å². The van der Waals surface area contributed by atoms with E-state index in [1.807, 2.05) is 111 Å². The van der Waals surface area contributed by atoms with Crippen molar-refractivity contribution >= 4 is 32.0 Å². The number of rotatable bonds is 19. The molecule has 0 amide bonds. The molecule has 1 saturated heterocycles. The number of H-pyrrole nitrogens is 1. The topological polar surface area (TPSA) is 162 Å². The van der Waals surface area contributed by atoms with Gasteiger partial charge >= 0.3 is 0 Å². The molecule has 0 saturated carbocycles. The summed E-state index contributed by atoms with van der Waals surface area (Å²) in [5.74, 6) is 1.33. The molecule has 0 bridgehead atoms. The molecule has 15 nitrogen and oxygen atoms in total. The zero-order valence-corrected chi connectivity index (χ0v) is 36.0. The lowest BCUT2D eigenvalue weighted by Gasteiger charge is -2.39. The predicted molar refractivity (Wildman–Crippen MR) is 227 cm³/mol. The van der Waals surface area contributed by atoms with Crippen LogP contribution < -0.4 is 15.0 Å². The van der Waals surface area contributed by atoms with Gasteiger partial charge in [-0.25, -0.2) is 19.0 Å². The monoisotopic (exact) mass is 842 g/mol. The van der Waals surface area contributed by atoms with Crippen LogP contribution in [0.5, 0.6) is 11.5 Å². The minimum absolute atomic E-state index is 0.00888. The van der Waals surface area contributed by atoms with Crippen molar-refractivity contribution in [2.24, 2.45) is 4.99 Å². The molecule has 1 unspecified atom stereocenters. The molecule has 0 spiro atoms. The van der Waals surface area contributed by atoms with Crippen LogP contribution in [0.4, 0.5) is 10.3 Å². The number of nitrogens with zero attached hydrogens (tertiary/aromatic N) is 7. The van der Waals surface area contributed by atoms with E-state index in [-0.39, 0.29) is 48.8 Å². The molecule has 1 aliphatic heterocycles. The zero-order chi connectivity index (χ0) is 43.0. The molecule has 60 heavy (non-hydrogen) atoms. The van der Waals surface area contributed by atoms with Crippen molar-refractivity contribution in [3.8, 4) is 17.6 Å². The number of nitrogens with one attached hydrogen (secondary N) is 1. The molecule has 5 aromatic rings. The summed E-state index contributed by atoms with van der Waals surface area (Å²) in [4.78, 5) is 30.6. The van der Waals surface area contributed by atoms with Gasteiger partial charge < -0.3 is 32.9 Å². The van der Waals surface area contributed by atoms with Gasteiger partial charge in [-0.2, -0.15) is 10.2 Å². The maximum Gasteiger partial charge on any atom is 0.280 e. The standard InChI is InChI=1S/C43H52FN8O7P/c1-28(2)52(29(3)4)60(57-24-12-23-45)59-38-35(58-41(36(38)44)51-27-46-37-39(51)48-42(49-40(37)53)47-26-50(5)6)25-56-43(30-13-10-9-11-14-30,31-15-19-33(54-7)20-16-31)32-17-21-34(55-8)22-18-32/h9-11,13-22,26-29,35-36,38,41H,12,24-25H2,1-8H3,(H,48,49,53)/t35-,36-,38-,41-,60?/m1/s1. The van der Waals surface area contributed by atoms with Crippen LogP contribution in [0.3, 0.4) is 0 Å². The highest BCUT2D eigenvalue weighted by molar-refractivity contribution is 7.44. The Morgan fingerprint density at radius 2 is 1.58 bits per heavy atom. The number of hydrogen-bond acceptors (Lipinski definition) is 12. The number of hydrogen-bond donors (Lipinski definition) is 1. The quantitative estimate of drug-likeness (QED) is 0.0292. The van der Waals surface area contributed by atoms with Gasteiger partial charge in [-0.1, -0.05) is 54.6 Å². The van der Waals surface area contributed by atoms with E-state index in [1.165, 1.54) is 17.2 Å². The Morgan fingerprint density at radius 3 is 2.13 bits per heavy atom. The van der Waals surface area contributed by atoms with E-state index in [4.69, 9.17) is 28.0 Å². The Labute approximate surface area is 350 Å². The van der Waals surface area contributed by atoms with Crippen LogP contribution in [0.1, 0.15) is 57.0 Å². The number of aliphatic imine (C=N–C) groups is 1. The lowest BCUT2D eigenvalue weighted by Crippen LogP contribution is -2.41. The highest BCUT2D eigenvalue weighted by Crippen LogP contribution is 2.51. The van der Waals surface area contributed by atoms with Crippen LogP contribution in [0, 0.1) is 11.3 Å². The van der Waals surface area contributed by atoms with Crippen molar-refractivity contribution < 1.29 is 32.4 Å². The fourth-order valence-corrected chi connectivity index (χ4v) is 8.96. The Bertz CT molecular complexity index is 2230. The average molecular weight is 843 g/mol. The number of methoxy groups -OCH3 is 2. The fraction of sp³-hybridized carbons (Fsp3) is 0.419. The Balaban J connectivity index is 1.48. The number of benzene rings is 3. The first-order chi connectivity index (χ1) is 28.9. The minimum Gasteiger partial charge on any atom is -0.497 e. The van der Waals surface area contributed by atoms with Gasteiger partial charge in [0, 0.05) is 26.2 Å². The fourth-order valence-electron chi connectivity index (χ4n) is 7.19. The molecule has 1 fully saturated rings. The summed E-state index contributed by atoms with van der Waals surface area (Å²) in [5.41, 5.74) is 0.595. The molecule has 3 aromatic carbocycles. The van der Waals surface area contributed by atoms with Crippen LogP contribution in [0.2, 0.25) is 0 Å². The molecule has 5 atom stereocenters. The van der Waals surface area contributed by atoms with E-state index in [0.29, 0.717) is 11.5 Å². The second-order valence-corrected chi connectivity index (χ2v) is 16.3. The van der Waals surface area contributed by atoms with Crippen LogP contribution in [-0.4, -0.2) is 107 Å². The number of halogens is 1. The maximum absolute atomic E-state index is 17.6. The highest BCUT2D eigenvalue weighted by atomic mass is 31.2. The highest BCUT2D eigenvalue weighted by Gasteiger charge is 2.51. The SMILES string of the molecule is COc1ccc(C(OC[C@H]2O[C@@H](n3cnc4c(=O)[nH]c(N=CN(C)C)nc43)[C@H](F)[C@@H]2OP(OCCC#N)N(C(C)C)C(C)C)(c2ccccc2)c2ccc(OC)cc2)cc1. The summed E-state index contributed by atoms with van der Waals surface area (Å²) in [5, 5.41) is 9.38. The third-order valence-corrected chi connectivity index (χ3v) is 12.0. The van der Waals surface area contributed by atoms with Gasteiger partial charge in [0.25, 0.3) is 14.1 Å². The maximum atomic E-state index is 17.6. The van der Waals surface area contributed by atoms with Gasteiger partial charge in [0.2, 0.25) is 5.95 Å². The van der Waals surface area contributed by atoms with Gasteiger partial charge in [-0.15, -0.1) is 0 Å². The smallest absolute Gasteiger partial charge is 0.280 e. The van der Waals surface area contributed by atoms with E-state index >= 15 is 4.39 Å². The largest absolute Gasteiger partial charge is 0.497 e. The third-order valence-electron chi connectivity index (χ3n) is 9.88. The number of aromatic amines is 1. The molecule has 0 radical (unpaired) electrons. The van der Waals surface area contributed by atoms with Crippen LogP contribution in [0.15, 0.2) is 95.0 Å². The van der Waals surface area contributed by atoms with E-state index in [9.17, 15) is 10.1 Å². The summed E-state index contributed by atoms with van der Waals surface area (Å²) in [6.45, 7) is 7.91. The minimum atomic E-state index is -1.93. The van der Waals surface area contributed by atoms with Crippen molar-refractivity contribution in [2.45, 2.75) is 76.4 Å². The van der Waals surface area contributed by atoms with Crippen molar-refractivity contribution in [3.63, 3.8) is 0 Å². The molecular weight excluding hydrogens is 790 g/mol. The van der Waals surface area contributed by atoms with Crippen LogP contribution in [0.25, 0.3) is 11.2 Å². The number of nitriles is 1. The summed E-state index contributed by atoms with van der Waals surface area (Å²) in [6, 6.07) is 26.9. The number of imidazole rings is 1. The van der Waals surface area contributed by atoms with Crippen molar-refractivity contribution in [3.05, 3.63) is 112 Å². The first kappa shape index (κ1) is 44.3. The molecule has 1 aliphatic rings. The zero-order valence-electron chi connectivity index (χ0n) is 35.1. The van der Waals surface area contributed by atoms with Gasteiger partial charge in [0.1, 0.15) is 29.3 Å². The molecule has 1 N–H and O–H groups in total. The van der Waals surface area contributed by atoms with Crippen molar-refractivity contribution in [1.82, 2.24) is 29.1 Å². The molecule has 17 heteroatoms. The molecule has 6 rings (SSSR count). The normalized spacial score (nSPS) is 18.8. The number of fused-ring (bicyclic) bond motifs is 1. The van der Waals surface area contributed by atoms with Gasteiger partial charge in [-0.05, 0) is 68.7 Å². The van der Waals surface area contributed by atoms with E-state index < -0.39 is 44.3 Å². The number of ether oxygens (including phenoxy) is 4. The molecule has 3 heterocycles. The van der Waals surface area contributed by atoms with Gasteiger partial charge in [0.15, 0.2) is 23.6 Å². The summed E-state index contributed by atoms with van der Waals surface area (Å²) < 4.78 is 58.9. The van der Waals surface area contributed by atoms with Crippen LogP contribution >= 0.6 is 8.53 Å². The number of alkyl halides is 1. The predicted octanol–water partition coefficient (Wildman–Crippen LogP) is 7.26. The Hall–Kier alpha value is -5.27. The van der Waals surface area contributed by atoms with E-state index in [0.717, 1.165) is 16.7 Å². The summed E-state index contributed by atoms with van der Waals surface area (Å²) in [7, 11) is 4.83. The summed E-state index contributed by atoms with van der Waals surface area (Å²) in [6.07, 6.45) is -2.59. The van der Waals surface area contributed by atoms with Gasteiger partial charge in [-0.3, -0.25) is 14.3 Å².